The van der Waals surface area contributed by atoms with Crippen molar-refractivity contribution in [3.05, 3.63) is 64.7 Å². The Morgan fingerprint density at radius 3 is 2.33 bits per heavy atom. The van der Waals surface area contributed by atoms with E-state index in [2.05, 4.69) is 15.0 Å². The van der Waals surface area contributed by atoms with Gasteiger partial charge in [-0.15, -0.1) is 0 Å². The summed E-state index contributed by atoms with van der Waals surface area (Å²) in [7, 11) is 0. The van der Waals surface area contributed by atoms with Crippen molar-refractivity contribution in [3.8, 4) is 5.75 Å². The Balaban J connectivity index is 2.04. The highest BCUT2D eigenvalue weighted by Gasteiger charge is 2.40. The third kappa shape index (κ3) is 7.31. The number of ether oxygens (including phenoxy) is 2. The quantitative estimate of drug-likeness (QED) is 0.292. The Kier molecular flexibility index (Phi) is 8.70. The molecule has 2 rings (SSSR count). The summed E-state index contributed by atoms with van der Waals surface area (Å²) in [6, 6.07) is 11.8. The molecule has 2 amide bonds. The molecule has 30 heavy (non-hydrogen) atoms. The summed E-state index contributed by atoms with van der Waals surface area (Å²) in [6.45, 7) is 3.70. The molecule has 0 aliphatic carbocycles. The third-order valence-corrected chi connectivity index (χ3v) is 4.37. The molecule has 0 saturated heterocycles. The van der Waals surface area contributed by atoms with E-state index in [1.165, 1.54) is 24.3 Å². The summed E-state index contributed by atoms with van der Waals surface area (Å²) in [5, 5.41) is 2.99. The molecular formula is C20H19Cl3F2N2O3. The summed E-state index contributed by atoms with van der Waals surface area (Å²) in [5.74, 6) is -0.0264. The zero-order valence-electron chi connectivity index (χ0n) is 16.0. The van der Waals surface area contributed by atoms with Crippen molar-refractivity contribution in [2.24, 2.45) is 4.99 Å². The fourth-order valence-corrected chi connectivity index (χ4v) is 2.50. The van der Waals surface area contributed by atoms with Crippen LogP contribution in [0.3, 0.4) is 0 Å². The average Bonchev–Trinajstić information content (AvgIpc) is 2.66. The van der Waals surface area contributed by atoms with Gasteiger partial charge in [0, 0.05) is 6.54 Å². The highest BCUT2D eigenvalue weighted by Crippen LogP contribution is 2.30. The number of rotatable bonds is 7. The number of nitrogens with zero attached hydrogens (tertiary/aromatic N) is 1. The molecule has 2 aromatic rings. The standard InChI is InChI=1S/C20H19Cl3F2N2O3/c1-12(2)29-17(15-5-3-4-6-16(15)21)27-19(28)26-11-13-7-9-14(10-8-13)30-20(24,25)18(22)23/h3-10,12,18H,11H2,1-2H3,(H,26,28). The van der Waals surface area contributed by atoms with Gasteiger partial charge in [-0.05, 0) is 43.7 Å². The van der Waals surface area contributed by atoms with Crippen LogP contribution < -0.4 is 10.1 Å². The number of amides is 2. The van der Waals surface area contributed by atoms with Crippen molar-refractivity contribution in [1.29, 1.82) is 0 Å². The first-order valence-corrected chi connectivity index (χ1v) is 10.1. The van der Waals surface area contributed by atoms with Crippen LogP contribution in [0.1, 0.15) is 25.0 Å². The summed E-state index contributed by atoms with van der Waals surface area (Å²) in [5.41, 5.74) is 1.12. The van der Waals surface area contributed by atoms with Crippen molar-refractivity contribution in [2.45, 2.75) is 37.4 Å². The van der Waals surface area contributed by atoms with Crippen LogP contribution in [0.25, 0.3) is 0 Å². The first-order valence-electron chi connectivity index (χ1n) is 8.80. The lowest BCUT2D eigenvalue weighted by molar-refractivity contribution is -0.163. The highest BCUT2D eigenvalue weighted by atomic mass is 35.5. The SMILES string of the molecule is CC(C)OC(=NC(=O)NCc1ccc(OC(F)(F)C(Cl)Cl)cc1)c1ccccc1Cl. The van der Waals surface area contributed by atoms with Crippen LogP contribution in [0.2, 0.25) is 5.02 Å². The van der Waals surface area contributed by atoms with E-state index >= 15 is 0 Å². The number of carbonyl (C=O) groups excluding carboxylic acids is 1. The van der Waals surface area contributed by atoms with Gasteiger partial charge in [0.15, 0.2) is 0 Å². The predicted octanol–water partition coefficient (Wildman–Crippen LogP) is 6.20. The van der Waals surface area contributed by atoms with Gasteiger partial charge in [0.2, 0.25) is 10.7 Å². The van der Waals surface area contributed by atoms with Crippen LogP contribution in [0.4, 0.5) is 13.6 Å². The Morgan fingerprint density at radius 1 is 1.13 bits per heavy atom. The number of hydrogen-bond acceptors (Lipinski definition) is 3. The maximum Gasteiger partial charge on any atom is 0.428 e. The van der Waals surface area contributed by atoms with E-state index in [0.29, 0.717) is 16.1 Å². The number of benzene rings is 2. The second kappa shape index (κ2) is 10.8. The second-order valence-corrected chi connectivity index (χ2v) is 7.83. The lowest BCUT2D eigenvalue weighted by Crippen LogP contribution is -2.32. The third-order valence-electron chi connectivity index (χ3n) is 3.53. The highest BCUT2D eigenvalue weighted by molar-refractivity contribution is 6.44. The maximum atomic E-state index is 13.4. The Labute approximate surface area is 187 Å². The molecule has 10 heteroatoms. The minimum atomic E-state index is -3.72. The first-order chi connectivity index (χ1) is 14.1. The Hall–Kier alpha value is -2.09. The molecule has 0 aromatic heterocycles. The minimum absolute atomic E-state index is 0.0933. The topological polar surface area (TPSA) is 59.9 Å². The fourth-order valence-electron chi connectivity index (χ4n) is 2.19. The number of urea groups is 1. The van der Waals surface area contributed by atoms with E-state index in [-0.39, 0.29) is 24.3 Å². The molecule has 5 nitrogen and oxygen atoms in total. The van der Waals surface area contributed by atoms with Gasteiger partial charge < -0.3 is 14.8 Å². The van der Waals surface area contributed by atoms with Crippen LogP contribution in [-0.4, -0.2) is 29.0 Å². The minimum Gasteiger partial charge on any atom is -0.474 e. The average molecular weight is 480 g/mol. The van der Waals surface area contributed by atoms with E-state index in [9.17, 15) is 13.6 Å². The molecule has 2 aromatic carbocycles. The lowest BCUT2D eigenvalue weighted by atomic mass is 10.2. The van der Waals surface area contributed by atoms with E-state index < -0.39 is 17.0 Å². The summed E-state index contributed by atoms with van der Waals surface area (Å²) >= 11 is 16.5. The van der Waals surface area contributed by atoms with Crippen molar-refractivity contribution in [1.82, 2.24) is 5.32 Å². The smallest absolute Gasteiger partial charge is 0.428 e. The number of alkyl halides is 4. The van der Waals surface area contributed by atoms with Crippen LogP contribution in [0.5, 0.6) is 5.75 Å². The van der Waals surface area contributed by atoms with Gasteiger partial charge in [-0.3, -0.25) is 0 Å². The number of aliphatic imine (C=N–C) groups is 1. The molecule has 0 fully saturated rings. The van der Waals surface area contributed by atoms with Crippen molar-refractivity contribution in [2.75, 3.05) is 0 Å². The normalized spacial score (nSPS) is 12.2. The molecule has 0 saturated carbocycles. The molecule has 0 aliphatic heterocycles. The zero-order valence-corrected chi connectivity index (χ0v) is 18.3. The van der Waals surface area contributed by atoms with Crippen molar-refractivity contribution in [3.63, 3.8) is 0 Å². The van der Waals surface area contributed by atoms with E-state index in [1.807, 2.05) is 0 Å². The number of halogens is 5. The molecule has 0 heterocycles. The second-order valence-electron chi connectivity index (χ2n) is 6.33. The largest absolute Gasteiger partial charge is 0.474 e. The van der Waals surface area contributed by atoms with Gasteiger partial charge in [-0.25, -0.2) is 4.79 Å². The Bertz CT molecular complexity index is 891. The van der Waals surface area contributed by atoms with Gasteiger partial charge in [0.25, 0.3) is 0 Å². The molecular weight excluding hydrogens is 461 g/mol. The predicted molar refractivity (Wildman–Crippen MR) is 114 cm³/mol. The van der Waals surface area contributed by atoms with Gasteiger partial charge in [-0.1, -0.05) is 59.1 Å². The van der Waals surface area contributed by atoms with Gasteiger partial charge in [-0.2, -0.15) is 13.8 Å². The molecule has 0 unspecified atom stereocenters. The summed E-state index contributed by atoms with van der Waals surface area (Å²) in [6.07, 6.45) is -3.95. The fraction of sp³-hybridized carbons (Fsp3) is 0.300. The van der Waals surface area contributed by atoms with Gasteiger partial charge in [0.05, 0.1) is 16.7 Å². The number of carbonyl (C=O) groups is 1. The van der Waals surface area contributed by atoms with Crippen LogP contribution >= 0.6 is 34.8 Å². The number of nitrogens with one attached hydrogen (secondary N) is 1. The zero-order chi connectivity index (χ0) is 22.3. The summed E-state index contributed by atoms with van der Waals surface area (Å²) in [4.78, 5) is 14.2. The summed E-state index contributed by atoms with van der Waals surface area (Å²) < 4.78 is 36.9. The molecule has 0 radical (unpaired) electrons. The van der Waals surface area contributed by atoms with Crippen LogP contribution in [0.15, 0.2) is 53.5 Å². The monoisotopic (exact) mass is 478 g/mol. The van der Waals surface area contributed by atoms with E-state index in [4.69, 9.17) is 39.5 Å². The molecule has 1 N–H and O–H groups in total. The van der Waals surface area contributed by atoms with Crippen molar-refractivity contribution >= 4 is 46.7 Å². The lowest BCUT2D eigenvalue weighted by Gasteiger charge is -2.18. The molecule has 0 atom stereocenters. The van der Waals surface area contributed by atoms with E-state index in [1.54, 1.807) is 38.1 Å². The van der Waals surface area contributed by atoms with E-state index in [0.717, 1.165) is 0 Å². The molecule has 162 valence electrons. The number of hydrogen-bond donors (Lipinski definition) is 1. The van der Waals surface area contributed by atoms with Crippen LogP contribution in [-0.2, 0) is 11.3 Å². The Morgan fingerprint density at radius 2 is 1.77 bits per heavy atom. The van der Waals surface area contributed by atoms with Crippen molar-refractivity contribution < 1.29 is 23.0 Å². The van der Waals surface area contributed by atoms with Gasteiger partial charge in [0.1, 0.15) is 5.75 Å². The molecule has 0 spiro atoms. The molecule has 0 aliphatic rings. The first kappa shape index (κ1) is 24.2. The van der Waals surface area contributed by atoms with Gasteiger partial charge >= 0.3 is 12.1 Å². The molecule has 0 bridgehead atoms. The van der Waals surface area contributed by atoms with Crippen LogP contribution in [0, 0.1) is 0 Å². The maximum absolute atomic E-state index is 13.4.